The molecule has 2 aromatic rings. The van der Waals surface area contributed by atoms with Crippen molar-refractivity contribution < 1.29 is 4.79 Å². The number of nitrogens with one attached hydrogen (secondary N) is 1. The van der Waals surface area contributed by atoms with E-state index in [-0.39, 0.29) is 11.8 Å². The molecule has 3 rings (SSSR count). The van der Waals surface area contributed by atoms with Gasteiger partial charge in [-0.2, -0.15) is 0 Å². The lowest BCUT2D eigenvalue weighted by atomic mass is 9.97. The Morgan fingerprint density at radius 3 is 3.15 bits per heavy atom. The summed E-state index contributed by atoms with van der Waals surface area (Å²) in [5.41, 5.74) is 2.21. The molecular weight excluding hydrogens is 320 g/mol. The van der Waals surface area contributed by atoms with Crippen LogP contribution in [0.25, 0.3) is 0 Å². The predicted molar refractivity (Wildman–Crippen MR) is 77.8 cm³/mol. The molecule has 104 valence electrons. The summed E-state index contributed by atoms with van der Waals surface area (Å²) in [4.78, 5) is 20.4. The van der Waals surface area contributed by atoms with Crippen LogP contribution in [0.5, 0.6) is 0 Å². The molecule has 6 heteroatoms. The maximum Gasteiger partial charge on any atom is 0.225 e. The summed E-state index contributed by atoms with van der Waals surface area (Å²) in [5, 5.41) is 2.99. The van der Waals surface area contributed by atoms with Gasteiger partial charge in [0.1, 0.15) is 0 Å². The molecule has 5 nitrogen and oxygen atoms in total. The largest absolute Gasteiger partial charge is 0.352 e. The molecule has 0 saturated heterocycles. The van der Waals surface area contributed by atoms with Crippen molar-refractivity contribution in [2.45, 2.75) is 25.9 Å². The molecule has 0 aliphatic carbocycles. The van der Waals surface area contributed by atoms with Gasteiger partial charge in [0, 0.05) is 41.8 Å². The second-order valence-corrected chi connectivity index (χ2v) is 5.92. The average Bonchev–Trinajstić information content (AvgIpc) is 2.92. The highest BCUT2D eigenvalue weighted by Gasteiger charge is 2.24. The van der Waals surface area contributed by atoms with Gasteiger partial charge < -0.3 is 9.88 Å². The SMILES string of the molecule is O=C(NCc1cncc(Br)c1)C1CCc2cncn2C1. The van der Waals surface area contributed by atoms with Crippen molar-refractivity contribution in [3.8, 4) is 0 Å². The van der Waals surface area contributed by atoms with Gasteiger partial charge in [0.15, 0.2) is 0 Å². The first-order valence-electron chi connectivity index (χ1n) is 6.58. The minimum atomic E-state index is 0.0248. The quantitative estimate of drug-likeness (QED) is 0.932. The van der Waals surface area contributed by atoms with E-state index < -0.39 is 0 Å². The normalized spacial score (nSPS) is 17.6. The van der Waals surface area contributed by atoms with Gasteiger partial charge >= 0.3 is 0 Å². The van der Waals surface area contributed by atoms with Crippen molar-refractivity contribution in [1.29, 1.82) is 0 Å². The minimum absolute atomic E-state index is 0.0248. The van der Waals surface area contributed by atoms with Crippen LogP contribution in [0.2, 0.25) is 0 Å². The third-order valence-corrected chi connectivity index (χ3v) is 4.00. The van der Waals surface area contributed by atoms with Crippen molar-refractivity contribution >= 4 is 21.8 Å². The Labute approximate surface area is 125 Å². The molecule has 1 aliphatic rings. The molecule has 0 radical (unpaired) electrons. The van der Waals surface area contributed by atoms with Gasteiger partial charge in [-0.1, -0.05) is 0 Å². The lowest BCUT2D eigenvalue weighted by Gasteiger charge is -2.23. The number of halogens is 1. The van der Waals surface area contributed by atoms with Crippen LogP contribution in [-0.2, 0) is 24.3 Å². The monoisotopic (exact) mass is 334 g/mol. The third-order valence-electron chi connectivity index (χ3n) is 3.56. The summed E-state index contributed by atoms with van der Waals surface area (Å²) >= 11 is 3.37. The molecule has 1 amide bonds. The van der Waals surface area contributed by atoms with Gasteiger partial charge in [-0.3, -0.25) is 9.78 Å². The maximum atomic E-state index is 12.2. The highest BCUT2D eigenvalue weighted by Crippen LogP contribution is 2.19. The fraction of sp³-hybridized carbons (Fsp3) is 0.357. The van der Waals surface area contributed by atoms with Gasteiger partial charge in [-0.05, 0) is 40.4 Å². The number of rotatable bonds is 3. The van der Waals surface area contributed by atoms with E-state index in [1.54, 1.807) is 18.7 Å². The standard InChI is InChI=1S/C14H15BrN4O/c15-12-3-10(4-16-6-12)5-18-14(20)11-1-2-13-7-17-9-19(13)8-11/h3-4,6-7,9,11H,1-2,5,8H2,(H,18,20). The first-order valence-corrected chi connectivity index (χ1v) is 7.38. The summed E-state index contributed by atoms with van der Waals surface area (Å²) < 4.78 is 2.99. The van der Waals surface area contributed by atoms with Crippen LogP contribution < -0.4 is 5.32 Å². The number of imidazole rings is 1. The number of aryl methyl sites for hydroxylation is 1. The minimum Gasteiger partial charge on any atom is -0.352 e. The van der Waals surface area contributed by atoms with E-state index in [1.807, 2.05) is 12.3 Å². The van der Waals surface area contributed by atoms with Gasteiger partial charge in [-0.15, -0.1) is 0 Å². The van der Waals surface area contributed by atoms with Crippen LogP contribution in [0.3, 0.4) is 0 Å². The van der Waals surface area contributed by atoms with E-state index in [2.05, 4.69) is 35.8 Å². The molecule has 1 unspecified atom stereocenters. The Morgan fingerprint density at radius 2 is 2.30 bits per heavy atom. The van der Waals surface area contributed by atoms with Crippen LogP contribution in [0.15, 0.2) is 35.5 Å². The van der Waals surface area contributed by atoms with Crippen molar-refractivity contribution in [1.82, 2.24) is 19.9 Å². The summed E-state index contributed by atoms with van der Waals surface area (Å²) in [6.45, 7) is 1.23. The second-order valence-electron chi connectivity index (χ2n) is 5.00. The summed E-state index contributed by atoms with van der Waals surface area (Å²) in [6, 6.07) is 1.96. The number of aromatic nitrogens is 3. The molecule has 1 aliphatic heterocycles. The molecule has 0 spiro atoms. The Hall–Kier alpha value is -1.69. The lowest BCUT2D eigenvalue weighted by molar-refractivity contribution is -0.126. The molecule has 0 saturated carbocycles. The topological polar surface area (TPSA) is 59.8 Å². The highest BCUT2D eigenvalue weighted by molar-refractivity contribution is 9.10. The van der Waals surface area contributed by atoms with Crippen LogP contribution in [-0.4, -0.2) is 20.4 Å². The van der Waals surface area contributed by atoms with E-state index in [9.17, 15) is 4.79 Å². The molecule has 0 bridgehead atoms. The molecule has 3 heterocycles. The molecule has 1 atom stereocenters. The average molecular weight is 335 g/mol. The fourth-order valence-corrected chi connectivity index (χ4v) is 2.88. The summed E-state index contributed by atoms with van der Waals surface area (Å²) in [6.07, 6.45) is 8.96. The van der Waals surface area contributed by atoms with Crippen molar-refractivity contribution in [2.75, 3.05) is 0 Å². The van der Waals surface area contributed by atoms with Gasteiger partial charge in [0.05, 0.1) is 12.2 Å². The van der Waals surface area contributed by atoms with E-state index in [4.69, 9.17) is 0 Å². The van der Waals surface area contributed by atoms with E-state index in [0.717, 1.165) is 29.4 Å². The maximum absolute atomic E-state index is 12.2. The van der Waals surface area contributed by atoms with Gasteiger partial charge in [-0.25, -0.2) is 4.98 Å². The molecule has 0 aromatic carbocycles. The molecular formula is C14H15BrN4O. The van der Waals surface area contributed by atoms with Crippen molar-refractivity contribution in [2.24, 2.45) is 5.92 Å². The summed E-state index contributed by atoms with van der Waals surface area (Å²) in [5.74, 6) is 0.126. The summed E-state index contributed by atoms with van der Waals surface area (Å²) in [7, 11) is 0. The van der Waals surface area contributed by atoms with Gasteiger partial charge in [0.25, 0.3) is 0 Å². The Bertz CT molecular complexity index is 625. The second kappa shape index (κ2) is 5.75. The number of hydrogen-bond donors (Lipinski definition) is 1. The lowest BCUT2D eigenvalue weighted by Crippen LogP contribution is -2.35. The Balaban J connectivity index is 1.58. The van der Waals surface area contributed by atoms with Crippen LogP contribution >= 0.6 is 15.9 Å². The molecule has 0 fully saturated rings. The van der Waals surface area contributed by atoms with Gasteiger partial charge in [0.2, 0.25) is 5.91 Å². The Kier molecular flexibility index (Phi) is 3.82. The van der Waals surface area contributed by atoms with Crippen molar-refractivity contribution in [3.63, 3.8) is 0 Å². The zero-order chi connectivity index (χ0) is 13.9. The molecule has 1 N–H and O–H groups in total. The van der Waals surface area contributed by atoms with Crippen molar-refractivity contribution in [3.05, 3.63) is 46.7 Å². The van der Waals surface area contributed by atoms with Crippen LogP contribution in [0.4, 0.5) is 0 Å². The van der Waals surface area contributed by atoms with Crippen LogP contribution in [0.1, 0.15) is 17.7 Å². The predicted octanol–water partition coefficient (Wildman–Crippen LogP) is 1.92. The number of hydrogen-bond acceptors (Lipinski definition) is 3. The fourth-order valence-electron chi connectivity index (χ4n) is 2.47. The molecule has 20 heavy (non-hydrogen) atoms. The number of amides is 1. The zero-order valence-electron chi connectivity index (χ0n) is 10.9. The first-order chi connectivity index (χ1) is 9.72. The smallest absolute Gasteiger partial charge is 0.225 e. The Morgan fingerprint density at radius 1 is 1.40 bits per heavy atom. The van der Waals surface area contributed by atoms with E-state index in [1.165, 1.54) is 5.69 Å². The van der Waals surface area contributed by atoms with E-state index >= 15 is 0 Å². The zero-order valence-corrected chi connectivity index (χ0v) is 12.5. The third kappa shape index (κ3) is 2.90. The highest BCUT2D eigenvalue weighted by atomic mass is 79.9. The molecule has 2 aromatic heterocycles. The van der Waals surface area contributed by atoms with E-state index in [0.29, 0.717) is 6.54 Å². The van der Waals surface area contributed by atoms with Crippen LogP contribution in [0, 0.1) is 5.92 Å². The number of fused-ring (bicyclic) bond motifs is 1. The first kappa shape index (κ1) is 13.3. The number of carbonyl (C=O) groups excluding carboxylic acids is 1. The number of carbonyl (C=O) groups is 1. The number of nitrogens with zero attached hydrogens (tertiary/aromatic N) is 3. The number of pyridine rings is 1.